The van der Waals surface area contributed by atoms with Gasteiger partial charge in [-0.1, -0.05) is 48.0 Å². The van der Waals surface area contributed by atoms with Crippen molar-refractivity contribution < 1.29 is 19.1 Å². The van der Waals surface area contributed by atoms with Gasteiger partial charge in [0.05, 0.1) is 19.4 Å². The molecule has 0 radical (unpaired) electrons. The highest BCUT2D eigenvalue weighted by Gasteiger charge is 2.24. The number of hydrazone groups is 1. The monoisotopic (exact) mass is 504 g/mol. The van der Waals surface area contributed by atoms with Gasteiger partial charge in [-0.2, -0.15) is 5.10 Å². The van der Waals surface area contributed by atoms with Crippen molar-refractivity contribution in [2.75, 3.05) is 6.61 Å². The maximum atomic E-state index is 12.9. The van der Waals surface area contributed by atoms with E-state index in [9.17, 15) is 9.59 Å². The standard InChI is InChI=1S/C29H36N4O4/c1-20-12-14-25(15-13-20)33-21(2)16-24(22(33)3)17-30-32-27(34)26(31-28(35)37-29(4,5)6)19-36-18-23-10-8-7-9-11-23/h7-17,26H,18-19H2,1-6H3,(H,31,35)(H,32,34)/b30-17-/t26-/m0/s1. The van der Waals surface area contributed by atoms with Gasteiger partial charge in [0.2, 0.25) is 0 Å². The smallest absolute Gasteiger partial charge is 0.408 e. The van der Waals surface area contributed by atoms with Crippen LogP contribution in [-0.2, 0) is 20.9 Å². The van der Waals surface area contributed by atoms with Crippen molar-refractivity contribution in [3.63, 3.8) is 0 Å². The fourth-order valence-electron chi connectivity index (χ4n) is 3.75. The maximum Gasteiger partial charge on any atom is 0.408 e. The molecule has 0 unspecified atom stereocenters. The number of aryl methyl sites for hydroxylation is 2. The van der Waals surface area contributed by atoms with Crippen LogP contribution in [0.3, 0.4) is 0 Å². The summed E-state index contributed by atoms with van der Waals surface area (Å²) in [6.07, 6.45) is 0.891. The zero-order valence-electron chi connectivity index (χ0n) is 22.4. The Morgan fingerprint density at radius 2 is 1.70 bits per heavy atom. The molecule has 1 heterocycles. The van der Waals surface area contributed by atoms with E-state index in [1.807, 2.05) is 50.2 Å². The molecule has 0 aliphatic carbocycles. The third kappa shape index (κ3) is 8.32. The van der Waals surface area contributed by atoms with E-state index in [4.69, 9.17) is 9.47 Å². The van der Waals surface area contributed by atoms with E-state index in [2.05, 4.69) is 51.6 Å². The molecule has 2 aromatic carbocycles. The number of ether oxygens (including phenoxy) is 2. The van der Waals surface area contributed by atoms with Gasteiger partial charge < -0.3 is 19.4 Å². The number of hydrogen-bond donors (Lipinski definition) is 2. The molecule has 8 nitrogen and oxygen atoms in total. The van der Waals surface area contributed by atoms with E-state index >= 15 is 0 Å². The maximum absolute atomic E-state index is 12.9. The Morgan fingerprint density at radius 3 is 2.35 bits per heavy atom. The van der Waals surface area contributed by atoms with Crippen molar-refractivity contribution in [3.05, 3.63) is 88.7 Å². The molecule has 8 heteroatoms. The van der Waals surface area contributed by atoms with E-state index in [0.29, 0.717) is 6.61 Å². The number of carbonyl (C=O) groups is 2. The van der Waals surface area contributed by atoms with Crippen LogP contribution in [0.25, 0.3) is 5.69 Å². The van der Waals surface area contributed by atoms with Crippen LogP contribution in [0.15, 0.2) is 65.8 Å². The molecule has 2 amide bonds. The van der Waals surface area contributed by atoms with Crippen LogP contribution in [-0.4, -0.2) is 41.0 Å². The van der Waals surface area contributed by atoms with Crippen molar-refractivity contribution in [1.82, 2.24) is 15.3 Å². The van der Waals surface area contributed by atoms with E-state index in [0.717, 1.165) is 28.2 Å². The molecule has 2 N–H and O–H groups in total. The first-order valence-electron chi connectivity index (χ1n) is 12.2. The van der Waals surface area contributed by atoms with Crippen LogP contribution in [0.2, 0.25) is 0 Å². The quantitative estimate of drug-likeness (QED) is 0.318. The average molecular weight is 505 g/mol. The number of carbonyl (C=O) groups excluding carboxylic acids is 2. The lowest BCUT2D eigenvalue weighted by atomic mass is 10.2. The fraction of sp³-hybridized carbons (Fsp3) is 0.345. The van der Waals surface area contributed by atoms with E-state index < -0.39 is 23.6 Å². The largest absolute Gasteiger partial charge is 0.444 e. The fourth-order valence-corrected chi connectivity index (χ4v) is 3.75. The van der Waals surface area contributed by atoms with Gasteiger partial charge in [-0.05, 0) is 65.3 Å². The zero-order chi connectivity index (χ0) is 27.0. The van der Waals surface area contributed by atoms with Gasteiger partial charge in [0, 0.05) is 22.6 Å². The minimum atomic E-state index is -0.990. The number of rotatable bonds is 9. The normalized spacial score (nSPS) is 12.4. The summed E-state index contributed by atoms with van der Waals surface area (Å²) >= 11 is 0. The number of hydrogen-bond acceptors (Lipinski definition) is 5. The topological polar surface area (TPSA) is 94.0 Å². The Bertz CT molecular complexity index is 1230. The Kier molecular flexibility index (Phi) is 9.25. The predicted octanol–water partition coefficient (Wildman–Crippen LogP) is 4.96. The molecule has 196 valence electrons. The Labute approximate surface area is 218 Å². The molecule has 3 rings (SSSR count). The van der Waals surface area contributed by atoms with Crippen molar-refractivity contribution in [2.24, 2.45) is 5.10 Å². The Balaban J connectivity index is 1.67. The van der Waals surface area contributed by atoms with Crippen molar-refractivity contribution in [1.29, 1.82) is 0 Å². The minimum Gasteiger partial charge on any atom is -0.444 e. The summed E-state index contributed by atoms with van der Waals surface area (Å²) in [6.45, 7) is 11.6. The van der Waals surface area contributed by atoms with Crippen LogP contribution in [0.4, 0.5) is 4.79 Å². The third-order valence-corrected chi connectivity index (χ3v) is 5.54. The second-order valence-corrected chi connectivity index (χ2v) is 9.93. The molecular formula is C29H36N4O4. The van der Waals surface area contributed by atoms with Gasteiger partial charge in [-0.25, -0.2) is 10.2 Å². The molecule has 1 aromatic heterocycles. The van der Waals surface area contributed by atoms with E-state index in [-0.39, 0.29) is 6.61 Å². The summed E-state index contributed by atoms with van der Waals surface area (Å²) in [7, 11) is 0. The van der Waals surface area contributed by atoms with Crippen LogP contribution in [0.5, 0.6) is 0 Å². The number of amides is 2. The lowest BCUT2D eigenvalue weighted by Gasteiger charge is -2.22. The minimum absolute atomic E-state index is 0.0442. The van der Waals surface area contributed by atoms with E-state index in [1.165, 1.54) is 5.56 Å². The Hall–Kier alpha value is -3.91. The lowest BCUT2D eigenvalue weighted by molar-refractivity contribution is -0.124. The number of nitrogens with one attached hydrogen (secondary N) is 2. The van der Waals surface area contributed by atoms with Crippen LogP contribution in [0, 0.1) is 20.8 Å². The molecule has 37 heavy (non-hydrogen) atoms. The van der Waals surface area contributed by atoms with Gasteiger partial charge in [0.15, 0.2) is 0 Å². The van der Waals surface area contributed by atoms with E-state index in [1.54, 1.807) is 27.0 Å². The van der Waals surface area contributed by atoms with Crippen molar-refractivity contribution in [3.8, 4) is 5.69 Å². The summed E-state index contributed by atoms with van der Waals surface area (Å²) in [6, 6.07) is 18.9. The molecule has 0 saturated carbocycles. The molecule has 0 aliphatic rings. The molecule has 3 aromatic rings. The van der Waals surface area contributed by atoms with Gasteiger partial charge in [-0.3, -0.25) is 4.79 Å². The van der Waals surface area contributed by atoms with Crippen molar-refractivity contribution >= 4 is 18.2 Å². The highest BCUT2D eigenvalue weighted by atomic mass is 16.6. The Morgan fingerprint density at radius 1 is 1.03 bits per heavy atom. The molecular weight excluding hydrogens is 468 g/mol. The second-order valence-electron chi connectivity index (χ2n) is 9.93. The number of nitrogens with zero attached hydrogens (tertiary/aromatic N) is 2. The molecule has 0 bridgehead atoms. The summed E-state index contributed by atoms with van der Waals surface area (Å²) in [5.41, 5.74) is 7.94. The number of alkyl carbamates (subject to hydrolysis) is 1. The summed E-state index contributed by atoms with van der Waals surface area (Å²) in [4.78, 5) is 25.2. The number of aromatic nitrogens is 1. The first kappa shape index (κ1) is 27.7. The van der Waals surface area contributed by atoms with Crippen molar-refractivity contribution in [2.45, 2.75) is 59.8 Å². The third-order valence-electron chi connectivity index (χ3n) is 5.54. The van der Waals surface area contributed by atoms with Crippen LogP contribution in [0.1, 0.15) is 48.8 Å². The van der Waals surface area contributed by atoms with Gasteiger partial charge in [0.25, 0.3) is 5.91 Å². The zero-order valence-corrected chi connectivity index (χ0v) is 22.4. The highest BCUT2D eigenvalue weighted by Crippen LogP contribution is 2.20. The first-order valence-corrected chi connectivity index (χ1v) is 12.2. The average Bonchev–Trinajstić information content (AvgIpc) is 3.11. The lowest BCUT2D eigenvalue weighted by Crippen LogP contribution is -2.49. The first-order chi connectivity index (χ1) is 17.5. The molecule has 0 aliphatic heterocycles. The molecule has 0 fully saturated rings. The van der Waals surface area contributed by atoms with Gasteiger partial charge in [0.1, 0.15) is 11.6 Å². The van der Waals surface area contributed by atoms with Crippen LogP contribution < -0.4 is 10.7 Å². The predicted molar refractivity (Wildman–Crippen MR) is 145 cm³/mol. The SMILES string of the molecule is Cc1ccc(-n2c(C)cc(/C=N\NC(=O)[C@H](COCc3ccccc3)NC(=O)OC(C)(C)C)c2C)cc1. The summed E-state index contributed by atoms with van der Waals surface area (Å²) in [5.74, 6) is -0.512. The molecule has 0 spiro atoms. The molecule has 1 atom stereocenters. The van der Waals surface area contributed by atoms with Gasteiger partial charge in [-0.15, -0.1) is 0 Å². The van der Waals surface area contributed by atoms with Crippen LogP contribution >= 0.6 is 0 Å². The second kappa shape index (κ2) is 12.4. The number of benzene rings is 2. The molecule has 0 saturated heterocycles. The summed E-state index contributed by atoms with van der Waals surface area (Å²) < 4.78 is 13.2. The van der Waals surface area contributed by atoms with Gasteiger partial charge >= 0.3 is 6.09 Å². The summed E-state index contributed by atoms with van der Waals surface area (Å²) in [5, 5.41) is 6.73. The highest BCUT2D eigenvalue weighted by molar-refractivity contribution is 5.88.